The van der Waals surface area contributed by atoms with E-state index in [0.29, 0.717) is 6.07 Å². The van der Waals surface area contributed by atoms with Crippen LogP contribution in [0.15, 0.2) is 12.3 Å². The van der Waals surface area contributed by atoms with Gasteiger partial charge in [-0.2, -0.15) is 0 Å². The van der Waals surface area contributed by atoms with Crippen LogP contribution in [0.1, 0.15) is 12.0 Å². The average Bonchev–Trinajstić information content (AvgIpc) is 1.94. The Bertz CT molecular complexity index is 262. The van der Waals surface area contributed by atoms with Gasteiger partial charge in [0.1, 0.15) is 11.6 Å². The normalized spacial score (nSPS) is 10.5. The van der Waals surface area contributed by atoms with Gasteiger partial charge in [0.15, 0.2) is 0 Å². The van der Waals surface area contributed by atoms with Crippen molar-refractivity contribution < 1.29 is 13.2 Å². The molecule has 5 heteroatoms. The summed E-state index contributed by atoms with van der Waals surface area (Å²) in [6, 6.07) is 0.674. The highest BCUT2D eigenvalue weighted by atomic mass is 19.3. The number of hydrogen-bond donors (Lipinski definition) is 1. The molecule has 0 aromatic carbocycles. The zero-order valence-electron chi connectivity index (χ0n) is 5.39. The molecule has 11 heavy (non-hydrogen) atoms. The van der Waals surface area contributed by atoms with Crippen molar-refractivity contribution in [1.29, 1.82) is 0 Å². The van der Waals surface area contributed by atoms with Crippen LogP contribution in [0.4, 0.5) is 19.0 Å². The fraction of sp³-hybridized carbons (Fsp3) is 0.167. The Balaban J connectivity index is 3.13. The molecular weight excluding hydrogens is 157 g/mol. The maximum Gasteiger partial charge on any atom is 0.267 e. The van der Waals surface area contributed by atoms with Gasteiger partial charge in [0, 0.05) is 0 Å². The van der Waals surface area contributed by atoms with E-state index in [4.69, 9.17) is 5.73 Å². The summed E-state index contributed by atoms with van der Waals surface area (Å²) in [5, 5.41) is 0. The molecule has 0 amide bonds. The van der Waals surface area contributed by atoms with E-state index in [1.165, 1.54) is 0 Å². The van der Waals surface area contributed by atoms with Crippen LogP contribution in [0.25, 0.3) is 0 Å². The fourth-order valence-electron chi connectivity index (χ4n) is 0.640. The van der Waals surface area contributed by atoms with E-state index in [2.05, 4.69) is 4.98 Å². The molecule has 1 rings (SSSR count). The highest BCUT2D eigenvalue weighted by Crippen LogP contribution is 2.23. The van der Waals surface area contributed by atoms with Crippen molar-refractivity contribution in [2.24, 2.45) is 0 Å². The quantitative estimate of drug-likeness (QED) is 0.683. The van der Waals surface area contributed by atoms with E-state index in [0.717, 1.165) is 6.20 Å². The zero-order chi connectivity index (χ0) is 8.43. The summed E-state index contributed by atoms with van der Waals surface area (Å²) in [4.78, 5) is 3.22. The van der Waals surface area contributed by atoms with Crippen molar-refractivity contribution in [2.75, 3.05) is 5.73 Å². The number of rotatable bonds is 1. The number of nitrogen functional groups attached to an aromatic ring is 1. The second-order valence-electron chi connectivity index (χ2n) is 1.93. The predicted octanol–water partition coefficient (Wildman–Crippen LogP) is 1.74. The predicted molar refractivity (Wildman–Crippen MR) is 33.6 cm³/mol. The highest BCUT2D eigenvalue weighted by molar-refractivity contribution is 5.39. The third kappa shape index (κ3) is 1.60. The summed E-state index contributed by atoms with van der Waals surface area (Å²) in [6.07, 6.45) is -1.99. The van der Waals surface area contributed by atoms with Gasteiger partial charge in [-0.3, -0.25) is 0 Å². The van der Waals surface area contributed by atoms with Gasteiger partial charge >= 0.3 is 0 Å². The number of alkyl halides is 2. The molecule has 2 nitrogen and oxygen atoms in total. The summed E-state index contributed by atoms with van der Waals surface area (Å²) in [6.45, 7) is 0. The van der Waals surface area contributed by atoms with E-state index in [1.807, 2.05) is 0 Å². The van der Waals surface area contributed by atoms with Gasteiger partial charge in [0.05, 0.1) is 11.8 Å². The molecule has 1 aromatic heterocycles. The van der Waals surface area contributed by atoms with Crippen LogP contribution >= 0.6 is 0 Å². The first-order valence-corrected chi connectivity index (χ1v) is 2.80. The number of anilines is 1. The Morgan fingerprint density at radius 1 is 1.45 bits per heavy atom. The van der Waals surface area contributed by atoms with E-state index < -0.39 is 17.8 Å². The molecule has 0 unspecified atom stereocenters. The van der Waals surface area contributed by atoms with Crippen molar-refractivity contribution in [2.45, 2.75) is 6.43 Å². The van der Waals surface area contributed by atoms with Crippen molar-refractivity contribution in [1.82, 2.24) is 4.98 Å². The van der Waals surface area contributed by atoms with Crippen LogP contribution in [-0.2, 0) is 0 Å². The molecule has 0 saturated carbocycles. The van der Waals surface area contributed by atoms with Gasteiger partial charge in [0.25, 0.3) is 6.43 Å². The lowest BCUT2D eigenvalue weighted by Gasteiger charge is -2.01. The zero-order valence-corrected chi connectivity index (χ0v) is 5.39. The maximum atomic E-state index is 12.3. The minimum Gasteiger partial charge on any atom is -0.383 e. The molecular formula is C6H5F3N2. The Kier molecular flexibility index (Phi) is 1.98. The third-order valence-corrected chi connectivity index (χ3v) is 1.15. The number of nitrogens with zero attached hydrogens (tertiary/aromatic N) is 1. The van der Waals surface area contributed by atoms with E-state index >= 15 is 0 Å². The smallest absolute Gasteiger partial charge is 0.267 e. The molecule has 0 aliphatic carbocycles. The van der Waals surface area contributed by atoms with Gasteiger partial charge in [-0.1, -0.05) is 0 Å². The monoisotopic (exact) mass is 162 g/mol. The number of pyridine rings is 1. The number of aromatic nitrogens is 1. The van der Waals surface area contributed by atoms with E-state index in [9.17, 15) is 13.2 Å². The van der Waals surface area contributed by atoms with Gasteiger partial charge in [-0.15, -0.1) is 0 Å². The summed E-state index contributed by atoms with van der Waals surface area (Å²) in [7, 11) is 0. The second-order valence-corrected chi connectivity index (χ2v) is 1.93. The topological polar surface area (TPSA) is 38.9 Å². The minimum atomic E-state index is -2.78. The number of nitrogens with two attached hydrogens (primary N) is 1. The largest absolute Gasteiger partial charge is 0.383 e. The van der Waals surface area contributed by atoms with Gasteiger partial charge in [-0.25, -0.2) is 18.2 Å². The summed E-state index contributed by atoms with van der Waals surface area (Å²) in [5.74, 6) is -1.14. The molecule has 0 aliphatic heterocycles. The first-order valence-electron chi connectivity index (χ1n) is 2.80. The average molecular weight is 162 g/mol. The lowest BCUT2D eigenvalue weighted by molar-refractivity contribution is 0.151. The molecule has 1 aromatic rings. The lowest BCUT2D eigenvalue weighted by atomic mass is 10.2. The van der Waals surface area contributed by atoms with Gasteiger partial charge < -0.3 is 5.73 Å². The third-order valence-electron chi connectivity index (χ3n) is 1.15. The summed E-state index contributed by atoms with van der Waals surface area (Å²) >= 11 is 0. The van der Waals surface area contributed by atoms with Crippen LogP contribution in [0.3, 0.4) is 0 Å². The first-order chi connectivity index (χ1) is 5.11. The molecule has 0 bridgehead atoms. The van der Waals surface area contributed by atoms with Crippen LogP contribution < -0.4 is 5.73 Å². The lowest BCUT2D eigenvalue weighted by Crippen LogP contribution is -1.98. The van der Waals surface area contributed by atoms with Crippen molar-refractivity contribution in [3.63, 3.8) is 0 Å². The van der Waals surface area contributed by atoms with Crippen LogP contribution in [0.2, 0.25) is 0 Å². The second kappa shape index (κ2) is 2.77. The Morgan fingerprint density at radius 3 is 2.55 bits per heavy atom. The van der Waals surface area contributed by atoms with E-state index in [1.54, 1.807) is 0 Å². The highest BCUT2D eigenvalue weighted by Gasteiger charge is 2.12. The SMILES string of the molecule is Nc1ncc(F)cc1C(F)F. The minimum absolute atomic E-state index is 0.332. The molecule has 60 valence electrons. The number of halogens is 3. The molecule has 0 atom stereocenters. The van der Waals surface area contributed by atoms with Crippen LogP contribution in [0, 0.1) is 5.82 Å². The summed E-state index contributed by atoms with van der Waals surface area (Å²) in [5.41, 5.74) is 4.47. The van der Waals surface area contributed by atoms with Crippen molar-refractivity contribution >= 4 is 5.82 Å². The van der Waals surface area contributed by atoms with Crippen molar-refractivity contribution in [3.05, 3.63) is 23.6 Å². The molecule has 1 heterocycles. The Hall–Kier alpha value is -1.26. The number of hydrogen-bond acceptors (Lipinski definition) is 2. The molecule has 0 spiro atoms. The maximum absolute atomic E-state index is 12.3. The fourth-order valence-corrected chi connectivity index (χ4v) is 0.640. The van der Waals surface area contributed by atoms with Gasteiger partial charge in [-0.05, 0) is 6.07 Å². The van der Waals surface area contributed by atoms with Crippen LogP contribution in [0.5, 0.6) is 0 Å². The Morgan fingerprint density at radius 2 is 2.09 bits per heavy atom. The standard InChI is InChI=1S/C6H5F3N2/c7-3-1-4(5(8)9)6(10)11-2-3/h1-2,5H,(H2,10,11). The summed E-state index contributed by atoms with van der Waals surface area (Å²) < 4.78 is 36.1. The Labute approximate surface area is 60.9 Å². The molecule has 0 saturated heterocycles. The van der Waals surface area contributed by atoms with Crippen molar-refractivity contribution in [3.8, 4) is 0 Å². The molecule has 0 radical (unpaired) electrons. The molecule has 2 N–H and O–H groups in total. The van der Waals surface area contributed by atoms with Crippen LogP contribution in [-0.4, -0.2) is 4.98 Å². The van der Waals surface area contributed by atoms with Gasteiger partial charge in [0.2, 0.25) is 0 Å². The molecule has 0 aliphatic rings. The van der Waals surface area contributed by atoms with E-state index in [-0.39, 0.29) is 5.82 Å². The molecule has 0 fully saturated rings. The first kappa shape index (κ1) is 7.84.